The highest BCUT2D eigenvalue weighted by Gasteiger charge is 2.48. The third-order valence-corrected chi connectivity index (χ3v) is 15.3. The molecule has 0 spiro atoms. The molecular weight excluding hydrogens is 964 g/mol. The first-order chi connectivity index (χ1) is 30.3. The molecule has 5 aromatic rings. The van der Waals surface area contributed by atoms with Crippen molar-refractivity contribution >= 4 is 65.2 Å². The normalized spacial score (nSPS) is 27.5. The van der Waals surface area contributed by atoms with Crippen LogP contribution in [-0.2, 0) is 65.4 Å². The molecule has 0 saturated carbocycles. The lowest BCUT2D eigenvalue weighted by molar-refractivity contribution is -0.745. The first-order valence-corrected chi connectivity index (χ1v) is 24.6. The van der Waals surface area contributed by atoms with Gasteiger partial charge in [-0.3, -0.25) is 60.8 Å². The molecular formula is C27H37N14O20P4-3. The minimum absolute atomic E-state index is 0.0245. The highest BCUT2D eigenvalue weighted by atomic mass is 31.3. The van der Waals surface area contributed by atoms with Gasteiger partial charge < -0.3 is 74.6 Å². The molecule has 0 amide bonds. The Morgan fingerprint density at radius 2 is 1.52 bits per heavy atom. The standard InChI is InChI=1S/C27H40N14O20P4/c1-38-10-41(21-15(38)23(47)35-27(29)33-21)25-19(45)17(43)13(59-25)7-56-64(52,53)60-62(48,49)5-2-11-6-39(37-36-11)4-3-31-63(50,51)61-65(54,55)57-8-12-16(42)18(44)24(58-12)40-9-30-14-20(40)32-26(28)34-22(14)46/h6,9-10,12-13,16-19,24-25,42-45H,2-5,7-8H2,1H3,(H10-,28,29,31,32,33,34,35,46,47,48,49,50,51,52,53,54,55)/p-3/t12-,13-,16?,17+,18+,19?,24-,25-/m1/s1. The number of aromatic nitrogens is 11. The molecule has 358 valence electrons. The summed E-state index contributed by atoms with van der Waals surface area (Å²) < 4.78 is 83.1. The zero-order valence-corrected chi connectivity index (χ0v) is 36.5. The van der Waals surface area contributed by atoms with Gasteiger partial charge in [-0.1, -0.05) is 10.2 Å². The van der Waals surface area contributed by atoms with Crippen LogP contribution < -0.4 is 51.8 Å². The summed E-state index contributed by atoms with van der Waals surface area (Å²) in [4.78, 5) is 90.5. The molecule has 7 rings (SSSR count). The van der Waals surface area contributed by atoms with Crippen LogP contribution in [0.15, 0.2) is 28.4 Å². The van der Waals surface area contributed by atoms with E-state index in [1.807, 2.05) is 5.09 Å². The molecule has 34 nitrogen and oxygen atoms in total. The van der Waals surface area contributed by atoms with E-state index in [4.69, 9.17) is 20.9 Å². The molecule has 38 heteroatoms. The zero-order valence-electron chi connectivity index (χ0n) is 32.9. The number of phosphoric acid groups is 2. The monoisotopic (exact) mass is 1000 g/mol. The van der Waals surface area contributed by atoms with Crippen molar-refractivity contribution in [2.75, 3.05) is 37.4 Å². The van der Waals surface area contributed by atoms with Crippen molar-refractivity contribution in [3.8, 4) is 0 Å². The Hall–Kier alpha value is -4.24. The van der Waals surface area contributed by atoms with Gasteiger partial charge in [-0.05, 0) is 0 Å². The van der Waals surface area contributed by atoms with Gasteiger partial charge >= 0.3 is 5.65 Å². The van der Waals surface area contributed by atoms with E-state index in [-0.39, 0.29) is 46.5 Å². The molecule has 2 saturated heterocycles. The van der Waals surface area contributed by atoms with Gasteiger partial charge in [0.05, 0.1) is 38.8 Å². The van der Waals surface area contributed by atoms with Gasteiger partial charge in [0.25, 0.3) is 32.7 Å². The Kier molecular flexibility index (Phi) is 13.8. The summed E-state index contributed by atoms with van der Waals surface area (Å²) in [5.74, 6) is -0.570. The van der Waals surface area contributed by atoms with Crippen molar-refractivity contribution < 1.29 is 90.0 Å². The largest absolute Gasteiger partial charge is 0.778 e. The van der Waals surface area contributed by atoms with Gasteiger partial charge in [0.15, 0.2) is 23.7 Å². The summed E-state index contributed by atoms with van der Waals surface area (Å²) in [7, 11) is -20.5. The molecule has 6 unspecified atom stereocenters. The van der Waals surface area contributed by atoms with E-state index < -0.39 is 124 Å². The van der Waals surface area contributed by atoms with E-state index in [1.54, 1.807) is 0 Å². The average Bonchev–Trinajstić information content (AvgIpc) is 4.01. The summed E-state index contributed by atoms with van der Waals surface area (Å²) in [5, 5.41) is 51.3. The van der Waals surface area contributed by atoms with Gasteiger partial charge in [-0.15, -0.1) is 5.10 Å². The number of anilines is 2. The molecule has 65 heavy (non-hydrogen) atoms. The van der Waals surface area contributed by atoms with Crippen LogP contribution in [-0.4, -0.2) is 132 Å². The first kappa shape index (κ1) is 48.7. The van der Waals surface area contributed by atoms with Crippen LogP contribution in [0.5, 0.6) is 0 Å². The number of rotatable bonds is 19. The second-order valence-electron chi connectivity index (χ2n) is 14.2. The number of imidazole rings is 2. The van der Waals surface area contributed by atoms with Crippen molar-refractivity contribution in [2.24, 2.45) is 7.05 Å². The van der Waals surface area contributed by atoms with E-state index in [2.05, 4.69) is 52.9 Å². The Morgan fingerprint density at radius 3 is 2.23 bits per heavy atom. The second kappa shape index (κ2) is 18.4. The average molecular weight is 1000 g/mol. The van der Waals surface area contributed by atoms with Crippen LogP contribution >= 0.6 is 31.0 Å². The van der Waals surface area contributed by atoms with E-state index in [1.165, 1.54) is 22.5 Å². The lowest BCUT2D eigenvalue weighted by Gasteiger charge is -2.32. The fraction of sp³-hybridized carbons (Fsp3) is 0.556. The number of ether oxygens (including phenoxy) is 2. The number of H-pyrrole nitrogens is 2. The Morgan fingerprint density at radius 1 is 0.892 bits per heavy atom. The highest BCUT2D eigenvalue weighted by Crippen LogP contribution is 2.55. The van der Waals surface area contributed by atoms with Gasteiger partial charge in [0.1, 0.15) is 44.2 Å². The van der Waals surface area contributed by atoms with Gasteiger partial charge in [-0.25, -0.2) is 9.55 Å². The van der Waals surface area contributed by atoms with Gasteiger partial charge in [0, 0.05) is 25.3 Å². The minimum atomic E-state index is -5.68. The number of hydrogen-bond donors (Lipinski definition) is 9. The van der Waals surface area contributed by atoms with E-state index in [0.717, 1.165) is 21.8 Å². The molecule has 2 aliphatic rings. The predicted octanol–water partition coefficient (Wildman–Crippen LogP) is -7.47. The van der Waals surface area contributed by atoms with Crippen LogP contribution in [0.25, 0.3) is 22.3 Å². The summed E-state index contributed by atoms with van der Waals surface area (Å²) in [5.41, 5.74) is 9.45. The zero-order chi connectivity index (χ0) is 47.4. The van der Waals surface area contributed by atoms with Crippen LogP contribution in [0.1, 0.15) is 18.1 Å². The number of nitrogens with two attached hydrogens (primary N) is 2. The topological polar surface area (TPSA) is 510 Å². The van der Waals surface area contributed by atoms with Crippen LogP contribution in [0.4, 0.5) is 11.9 Å². The summed E-state index contributed by atoms with van der Waals surface area (Å²) in [6.45, 7) is -2.95. The summed E-state index contributed by atoms with van der Waals surface area (Å²) in [6, 6.07) is 0. The highest BCUT2D eigenvalue weighted by molar-refractivity contribution is 7.62. The number of phosphoric ester groups is 2. The van der Waals surface area contributed by atoms with Gasteiger partial charge in [-0.2, -0.15) is 4.98 Å². The third kappa shape index (κ3) is 11.0. The number of aliphatic hydroxyl groups is 4. The maximum atomic E-state index is 12.6. The molecule has 11 N–H and O–H groups in total. The minimum Gasteiger partial charge on any atom is -0.778 e. The van der Waals surface area contributed by atoms with Crippen molar-refractivity contribution in [3.63, 3.8) is 0 Å². The number of hydrogen-bond acceptors (Lipinski definition) is 27. The van der Waals surface area contributed by atoms with Crippen molar-refractivity contribution in [1.82, 2.24) is 54.1 Å². The van der Waals surface area contributed by atoms with Crippen molar-refractivity contribution in [1.29, 1.82) is 0 Å². The number of aromatic amines is 2. The molecule has 7 heterocycles. The van der Waals surface area contributed by atoms with Crippen molar-refractivity contribution in [3.05, 3.63) is 45.3 Å². The number of fused-ring (bicyclic) bond motifs is 2. The summed E-state index contributed by atoms with van der Waals surface area (Å²) in [6.07, 6.45) is -11.0. The molecule has 0 radical (unpaired) electrons. The molecule has 0 aliphatic carbocycles. The Balaban J connectivity index is 0.838. The van der Waals surface area contributed by atoms with E-state index >= 15 is 0 Å². The number of aliphatic hydroxyl groups excluding tert-OH is 4. The lowest BCUT2D eigenvalue weighted by atomic mass is 10.1. The maximum absolute atomic E-state index is 12.6. The van der Waals surface area contributed by atoms with Gasteiger partial charge in [0.2, 0.25) is 25.4 Å². The first-order valence-electron chi connectivity index (χ1n) is 18.4. The second-order valence-corrected chi connectivity index (χ2v) is 20.8. The predicted molar refractivity (Wildman–Crippen MR) is 201 cm³/mol. The van der Waals surface area contributed by atoms with E-state index in [9.17, 15) is 67.8 Å². The van der Waals surface area contributed by atoms with Crippen LogP contribution in [0.2, 0.25) is 0 Å². The number of nitrogen functional groups attached to an aromatic ring is 2. The molecule has 5 aromatic heterocycles. The van der Waals surface area contributed by atoms with Crippen LogP contribution in [0, 0.1) is 0 Å². The smallest absolute Gasteiger partial charge is 0.313 e. The van der Waals surface area contributed by atoms with Crippen LogP contribution in [0.3, 0.4) is 0 Å². The molecule has 0 bridgehead atoms. The van der Waals surface area contributed by atoms with Crippen molar-refractivity contribution in [2.45, 2.75) is 62.0 Å². The fourth-order valence-electron chi connectivity index (χ4n) is 6.62. The van der Waals surface area contributed by atoms with E-state index in [0.29, 0.717) is 0 Å². The number of aryl methyl sites for hydroxylation is 2. The molecule has 0 aromatic carbocycles. The fourth-order valence-corrected chi connectivity index (χ4v) is 11.4. The summed E-state index contributed by atoms with van der Waals surface area (Å²) >= 11 is 0. The Labute approximate surface area is 360 Å². The number of nitrogens with zero attached hydrogens (tertiary/aromatic N) is 9. The molecule has 2 fully saturated rings. The molecule has 12 atom stereocenters. The lowest BCUT2D eigenvalue weighted by Crippen LogP contribution is -2.46. The quantitative estimate of drug-likeness (QED) is 0.0274. The Bertz CT molecular complexity index is 2890. The third-order valence-electron chi connectivity index (χ3n) is 9.56. The maximum Gasteiger partial charge on any atom is 0.313 e. The molecule has 2 aliphatic heterocycles. The SMILES string of the molecule is Cn1c[n+]([C@@H]2O[C@H](COP(=O)([O-])OP(=O)([O-])CCc3cn(CCNP(=O)([O-])OP(=O)([O-])OC[C@H]4O[C@@H](n5cnc6c(=O)[nH]c(N)nc65)[C@@H](O)C4O)nn3)[C@H](O)C2O)c2nc(N)[nH]c(=O)c21. The number of nitrogens with one attached hydrogen (secondary N) is 3.